The Morgan fingerprint density at radius 3 is 2.19 bits per heavy atom. The molecule has 1 aliphatic carbocycles. The molecule has 3 nitrogen and oxygen atoms in total. The summed E-state index contributed by atoms with van der Waals surface area (Å²) < 4.78 is 13.8. The van der Waals surface area contributed by atoms with E-state index in [-0.39, 0.29) is 5.56 Å². The van der Waals surface area contributed by atoms with E-state index in [1.165, 1.54) is 95.2 Å². The van der Waals surface area contributed by atoms with Crippen molar-refractivity contribution in [2.45, 2.75) is 96.3 Å². The predicted octanol–water partition coefficient (Wildman–Crippen LogP) is 7.96. The molecule has 0 bridgehead atoms. The molecule has 0 unspecified atom stereocenters. The zero-order chi connectivity index (χ0) is 21.9. The van der Waals surface area contributed by atoms with Gasteiger partial charge in [-0.25, -0.2) is 4.98 Å². The maximum Gasteiger partial charge on any atom is 0.234 e. The van der Waals surface area contributed by atoms with Crippen LogP contribution in [0.5, 0.6) is 0 Å². The van der Waals surface area contributed by atoms with Crippen molar-refractivity contribution in [1.29, 1.82) is 5.26 Å². The van der Waals surface area contributed by atoms with Gasteiger partial charge in [0.2, 0.25) is 5.95 Å². The number of hydrogen-bond donors (Lipinski definition) is 0. The fourth-order valence-electron chi connectivity index (χ4n) is 4.83. The molecule has 0 atom stereocenters. The van der Waals surface area contributed by atoms with Crippen molar-refractivity contribution in [2.24, 2.45) is 5.92 Å². The van der Waals surface area contributed by atoms with Crippen molar-refractivity contribution in [1.82, 2.24) is 9.97 Å². The molecule has 1 heterocycles. The lowest BCUT2D eigenvalue weighted by Crippen LogP contribution is -2.13. The third-order valence-electron chi connectivity index (χ3n) is 6.82. The summed E-state index contributed by atoms with van der Waals surface area (Å²) in [4.78, 5) is 7.95. The van der Waals surface area contributed by atoms with Crippen molar-refractivity contribution in [3.05, 3.63) is 47.5 Å². The highest BCUT2D eigenvalue weighted by Gasteiger charge is 2.22. The summed E-state index contributed by atoms with van der Waals surface area (Å²) in [6, 6.07) is 9.98. The Hall–Kier alpha value is -2.28. The molecule has 3 rings (SSSR count). The fraction of sp³-hybridized carbons (Fsp3) is 0.593. The molecule has 0 N–H and O–H groups in total. The van der Waals surface area contributed by atoms with Gasteiger partial charge in [-0.15, -0.1) is 0 Å². The van der Waals surface area contributed by atoms with E-state index >= 15 is 0 Å². The highest BCUT2D eigenvalue weighted by molar-refractivity contribution is 5.55. The standard InChI is InChI=1S/C27H36FN3/c1-2-3-4-5-6-7-8-9-10-21-11-13-22(14-12-21)23-15-17-24(18-16-23)27-30-20-25(19-29)26(28)31-27/h15-18,20-22H,2-14H2,1H3. The normalized spacial score (nSPS) is 18.6. The van der Waals surface area contributed by atoms with E-state index in [1.54, 1.807) is 6.07 Å². The summed E-state index contributed by atoms with van der Waals surface area (Å²) in [6.07, 6.45) is 19.1. The molecular weight excluding hydrogens is 385 g/mol. The monoisotopic (exact) mass is 421 g/mol. The first-order valence-corrected chi connectivity index (χ1v) is 12.2. The van der Waals surface area contributed by atoms with Crippen LogP contribution in [0.25, 0.3) is 11.4 Å². The van der Waals surface area contributed by atoms with Gasteiger partial charge in [-0.2, -0.15) is 14.6 Å². The van der Waals surface area contributed by atoms with Gasteiger partial charge in [0.25, 0.3) is 0 Å². The van der Waals surface area contributed by atoms with Gasteiger partial charge < -0.3 is 0 Å². The Labute approximate surface area is 187 Å². The number of nitriles is 1. The van der Waals surface area contributed by atoms with Crippen molar-refractivity contribution in [3.8, 4) is 17.5 Å². The highest BCUT2D eigenvalue weighted by Crippen LogP contribution is 2.38. The molecule has 4 heteroatoms. The Kier molecular flexibility index (Phi) is 9.46. The lowest BCUT2D eigenvalue weighted by atomic mass is 9.77. The van der Waals surface area contributed by atoms with E-state index in [1.807, 2.05) is 12.1 Å². The number of nitrogens with zero attached hydrogens (tertiary/aromatic N) is 3. The Bertz CT molecular complexity index is 833. The SMILES string of the molecule is CCCCCCCCCCC1CCC(c2ccc(-c3ncc(C#N)c(F)n3)cc2)CC1. The molecule has 0 aliphatic heterocycles. The number of benzene rings is 1. The van der Waals surface area contributed by atoms with E-state index in [0.29, 0.717) is 11.7 Å². The second kappa shape index (κ2) is 12.5. The van der Waals surface area contributed by atoms with E-state index in [4.69, 9.17) is 5.26 Å². The molecule has 0 saturated heterocycles. The smallest absolute Gasteiger partial charge is 0.234 e. The summed E-state index contributed by atoms with van der Waals surface area (Å²) in [5.74, 6) is 1.11. The average Bonchev–Trinajstić information content (AvgIpc) is 2.81. The first-order chi connectivity index (χ1) is 15.2. The number of unbranched alkanes of at least 4 members (excludes halogenated alkanes) is 7. The van der Waals surface area contributed by atoms with Crippen LogP contribution >= 0.6 is 0 Å². The summed E-state index contributed by atoms with van der Waals surface area (Å²) in [7, 11) is 0. The van der Waals surface area contributed by atoms with Crippen LogP contribution in [0.1, 0.15) is 107 Å². The molecule has 166 valence electrons. The van der Waals surface area contributed by atoms with Gasteiger partial charge in [-0.1, -0.05) is 89.0 Å². The lowest BCUT2D eigenvalue weighted by molar-refractivity contribution is 0.302. The van der Waals surface area contributed by atoms with Gasteiger partial charge in [-0.05, 0) is 43.1 Å². The zero-order valence-electron chi connectivity index (χ0n) is 19.0. The second-order valence-electron chi connectivity index (χ2n) is 9.11. The average molecular weight is 422 g/mol. The van der Waals surface area contributed by atoms with Gasteiger partial charge in [0, 0.05) is 5.56 Å². The number of aromatic nitrogens is 2. The van der Waals surface area contributed by atoms with Crippen LogP contribution in [0.3, 0.4) is 0 Å². The van der Waals surface area contributed by atoms with Crippen LogP contribution in [0.15, 0.2) is 30.5 Å². The number of rotatable bonds is 11. The van der Waals surface area contributed by atoms with Crippen molar-refractivity contribution >= 4 is 0 Å². The minimum absolute atomic E-state index is 0.121. The topological polar surface area (TPSA) is 49.6 Å². The fourth-order valence-corrected chi connectivity index (χ4v) is 4.83. The first kappa shape index (κ1) is 23.4. The first-order valence-electron chi connectivity index (χ1n) is 12.2. The molecule has 1 aliphatic rings. The molecule has 0 spiro atoms. The molecular formula is C27H36FN3. The molecule has 1 fully saturated rings. The summed E-state index contributed by atoms with van der Waals surface area (Å²) in [5, 5.41) is 8.82. The van der Waals surface area contributed by atoms with Crippen LogP contribution in [0.2, 0.25) is 0 Å². The van der Waals surface area contributed by atoms with Crippen LogP contribution < -0.4 is 0 Å². The quantitative estimate of drug-likeness (QED) is 0.273. The molecule has 1 aromatic carbocycles. The molecule has 1 aromatic heterocycles. The van der Waals surface area contributed by atoms with Gasteiger partial charge in [0.05, 0.1) is 6.20 Å². The molecule has 31 heavy (non-hydrogen) atoms. The predicted molar refractivity (Wildman–Crippen MR) is 124 cm³/mol. The van der Waals surface area contributed by atoms with Crippen LogP contribution in [-0.4, -0.2) is 9.97 Å². The third kappa shape index (κ3) is 7.13. The van der Waals surface area contributed by atoms with E-state index in [2.05, 4.69) is 29.0 Å². The van der Waals surface area contributed by atoms with Crippen LogP contribution in [0.4, 0.5) is 4.39 Å². The molecule has 2 aromatic rings. The van der Waals surface area contributed by atoms with E-state index < -0.39 is 5.95 Å². The Balaban J connectivity index is 1.39. The Morgan fingerprint density at radius 2 is 1.58 bits per heavy atom. The highest BCUT2D eigenvalue weighted by atomic mass is 19.1. The largest absolute Gasteiger partial charge is 0.235 e. The molecule has 0 amide bonds. The maximum atomic E-state index is 13.8. The lowest BCUT2D eigenvalue weighted by Gasteiger charge is -2.29. The van der Waals surface area contributed by atoms with E-state index in [0.717, 1.165) is 11.5 Å². The van der Waals surface area contributed by atoms with Gasteiger partial charge in [0.15, 0.2) is 5.82 Å². The molecule has 1 saturated carbocycles. The van der Waals surface area contributed by atoms with E-state index in [9.17, 15) is 4.39 Å². The van der Waals surface area contributed by atoms with Crippen molar-refractivity contribution in [3.63, 3.8) is 0 Å². The van der Waals surface area contributed by atoms with Crippen LogP contribution in [-0.2, 0) is 0 Å². The molecule has 0 radical (unpaired) electrons. The van der Waals surface area contributed by atoms with Gasteiger partial charge in [0.1, 0.15) is 11.6 Å². The minimum atomic E-state index is -0.758. The van der Waals surface area contributed by atoms with Crippen molar-refractivity contribution < 1.29 is 4.39 Å². The number of halogens is 1. The number of hydrogen-bond acceptors (Lipinski definition) is 3. The summed E-state index contributed by atoms with van der Waals surface area (Å²) in [5.41, 5.74) is 2.03. The van der Waals surface area contributed by atoms with Gasteiger partial charge >= 0.3 is 0 Å². The summed E-state index contributed by atoms with van der Waals surface area (Å²) in [6.45, 7) is 2.28. The van der Waals surface area contributed by atoms with Crippen LogP contribution in [0, 0.1) is 23.2 Å². The Morgan fingerprint density at radius 1 is 0.935 bits per heavy atom. The summed E-state index contributed by atoms with van der Waals surface area (Å²) >= 11 is 0. The zero-order valence-corrected chi connectivity index (χ0v) is 19.0. The minimum Gasteiger partial charge on any atom is -0.235 e. The third-order valence-corrected chi connectivity index (χ3v) is 6.82. The van der Waals surface area contributed by atoms with Gasteiger partial charge in [-0.3, -0.25) is 0 Å². The second-order valence-corrected chi connectivity index (χ2v) is 9.11. The van der Waals surface area contributed by atoms with Crippen molar-refractivity contribution in [2.75, 3.05) is 0 Å². The maximum absolute atomic E-state index is 13.8.